The lowest BCUT2D eigenvalue weighted by atomic mass is 10.1. The Hall–Kier alpha value is -1.49. The van der Waals surface area contributed by atoms with Crippen molar-refractivity contribution in [3.8, 4) is 0 Å². The van der Waals surface area contributed by atoms with Crippen molar-refractivity contribution in [2.24, 2.45) is 0 Å². The zero-order valence-electron chi connectivity index (χ0n) is 13.8. The molecular weight excluding hydrogens is 268 g/mol. The van der Waals surface area contributed by atoms with Gasteiger partial charge in [-0.2, -0.15) is 0 Å². The summed E-state index contributed by atoms with van der Waals surface area (Å²) in [5.74, 6) is 1.01. The summed E-state index contributed by atoms with van der Waals surface area (Å²) in [4.78, 5) is 13.4. The number of likely N-dealkylation sites (N-methyl/N-ethyl adjacent to an activating group) is 1. The summed E-state index contributed by atoms with van der Waals surface area (Å²) in [5.41, 5.74) is -0.449. The van der Waals surface area contributed by atoms with Crippen LogP contribution in [0.3, 0.4) is 0 Å². The van der Waals surface area contributed by atoms with E-state index >= 15 is 0 Å². The van der Waals surface area contributed by atoms with Crippen LogP contribution in [0.1, 0.15) is 39.9 Å². The first-order valence-corrected chi connectivity index (χ1v) is 7.48. The van der Waals surface area contributed by atoms with E-state index in [1.54, 1.807) is 18.2 Å². The Bertz CT molecular complexity index is 410. The Morgan fingerprint density at radius 2 is 2.19 bits per heavy atom. The molecule has 1 heterocycles. The van der Waals surface area contributed by atoms with Crippen LogP contribution >= 0.6 is 0 Å². The van der Waals surface area contributed by atoms with E-state index in [1.807, 2.05) is 32.9 Å². The van der Waals surface area contributed by atoms with E-state index in [0.717, 1.165) is 25.1 Å². The van der Waals surface area contributed by atoms with Gasteiger partial charge in [-0.25, -0.2) is 4.79 Å². The molecule has 0 bridgehead atoms. The molecular formula is C16H28N2O3. The monoisotopic (exact) mass is 296 g/mol. The highest BCUT2D eigenvalue weighted by Crippen LogP contribution is 2.09. The quantitative estimate of drug-likeness (QED) is 0.840. The minimum absolute atomic E-state index is 0.285. The molecule has 0 aliphatic rings. The van der Waals surface area contributed by atoms with Gasteiger partial charge in [-0.3, -0.25) is 0 Å². The van der Waals surface area contributed by atoms with Crippen molar-refractivity contribution in [3.05, 3.63) is 24.2 Å². The first kappa shape index (κ1) is 17.6. The van der Waals surface area contributed by atoms with Crippen molar-refractivity contribution in [3.63, 3.8) is 0 Å². The second-order valence-electron chi connectivity index (χ2n) is 6.38. The number of hydrogen-bond donors (Lipinski definition) is 1. The standard InChI is InChI=1S/C16H28N2O3/c1-13(8-9-14-7-6-12-20-14)17-10-11-18(5)15(19)21-16(2,3)4/h6-7,12-13,17H,8-11H2,1-5H3. The molecule has 0 radical (unpaired) electrons. The third-order valence-corrected chi connectivity index (χ3v) is 3.05. The highest BCUT2D eigenvalue weighted by Gasteiger charge is 2.19. The van der Waals surface area contributed by atoms with Gasteiger partial charge in [0.1, 0.15) is 11.4 Å². The van der Waals surface area contributed by atoms with Gasteiger partial charge in [0.05, 0.1) is 6.26 Å². The lowest BCUT2D eigenvalue weighted by Crippen LogP contribution is -2.39. The van der Waals surface area contributed by atoms with Crippen molar-refractivity contribution in [1.29, 1.82) is 0 Å². The number of hydrogen-bond acceptors (Lipinski definition) is 4. The smallest absolute Gasteiger partial charge is 0.410 e. The summed E-state index contributed by atoms with van der Waals surface area (Å²) < 4.78 is 10.6. The first-order chi connectivity index (χ1) is 9.78. The Morgan fingerprint density at radius 1 is 1.48 bits per heavy atom. The van der Waals surface area contributed by atoms with Gasteiger partial charge in [0.25, 0.3) is 0 Å². The van der Waals surface area contributed by atoms with Crippen molar-refractivity contribution in [2.45, 2.75) is 52.2 Å². The van der Waals surface area contributed by atoms with Crippen LogP contribution in [0.15, 0.2) is 22.8 Å². The van der Waals surface area contributed by atoms with Gasteiger partial charge in [-0.05, 0) is 46.2 Å². The summed E-state index contributed by atoms with van der Waals surface area (Å²) in [7, 11) is 1.75. The second kappa shape index (κ2) is 8.08. The van der Waals surface area contributed by atoms with Crippen LogP contribution in [0.4, 0.5) is 4.79 Å². The summed E-state index contributed by atoms with van der Waals surface area (Å²) in [5, 5.41) is 3.40. The molecule has 1 aromatic heterocycles. The molecule has 0 saturated heterocycles. The molecule has 1 N–H and O–H groups in total. The number of nitrogens with one attached hydrogen (secondary N) is 1. The normalized spacial score (nSPS) is 13.0. The highest BCUT2D eigenvalue weighted by atomic mass is 16.6. The van der Waals surface area contributed by atoms with Gasteiger partial charge in [0.2, 0.25) is 0 Å². The molecule has 0 aromatic carbocycles. The Labute approximate surface area is 127 Å². The summed E-state index contributed by atoms with van der Waals surface area (Å²) >= 11 is 0. The molecule has 0 aliphatic carbocycles. The zero-order chi connectivity index (χ0) is 15.9. The van der Waals surface area contributed by atoms with Crippen LogP contribution in [-0.4, -0.2) is 42.8 Å². The molecule has 5 nitrogen and oxygen atoms in total. The molecule has 0 spiro atoms. The fraction of sp³-hybridized carbons (Fsp3) is 0.688. The van der Waals surface area contributed by atoms with Gasteiger partial charge in [0.15, 0.2) is 0 Å². The number of carbonyl (C=O) groups excluding carboxylic acids is 1. The fourth-order valence-corrected chi connectivity index (χ4v) is 1.83. The molecule has 1 amide bonds. The van der Waals surface area contributed by atoms with Crippen LogP contribution < -0.4 is 5.32 Å². The minimum atomic E-state index is -0.449. The number of carbonyl (C=O) groups is 1. The highest BCUT2D eigenvalue weighted by molar-refractivity contribution is 5.67. The van der Waals surface area contributed by atoms with Gasteiger partial charge < -0.3 is 19.4 Å². The third-order valence-electron chi connectivity index (χ3n) is 3.05. The molecule has 120 valence electrons. The molecule has 0 saturated carbocycles. The van der Waals surface area contributed by atoms with E-state index in [0.29, 0.717) is 12.6 Å². The lowest BCUT2D eigenvalue weighted by molar-refractivity contribution is 0.0299. The maximum Gasteiger partial charge on any atom is 0.410 e. The van der Waals surface area contributed by atoms with Gasteiger partial charge >= 0.3 is 6.09 Å². The predicted octanol–water partition coefficient (Wildman–Crippen LogP) is 3.06. The SMILES string of the molecule is CC(CCc1ccco1)NCCN(C)C(=O)OC(C)(C)C. The van der Waals surface area contributed by atoms with Gasteiger partial charge in [-0.1, -0.05) is 0 Å². The average molecular weight is 296 g/mol. The summed E-state index contributed by atoms with van der Waals surface area (Å²) in [6.07, 6.45) is 3.34. The number of nitrogens with zero attached hydrogens (tertiary/aromatic N) is 1. The predicted molar refractivity (Wildman–Crippen MR) is 83.4 cm³/mol. The second-order valence-corrected chi connectivity index (χ2v) is 6.38. The molecule has 1 rings (SSSR count). The summed E-state index contributed by atoms with van der Waals surface area (Å²) in [6, 6.07) is 4.27. The lowest BCUT2D eigenvalue weighted by Gasteiger charge is -2.25. The number of amides is 1. The Kier molecular flexibility index (Phi) is 6.75. The van der Waals surface area contributed by atoms with Crippen LogP contribution in [0.25, 0.3) is 0 Å². The molecule has 0 fully saturated rings. The maximum absolute atomic E-state index is 11.8. The van der Waals surface area contributed by atoms with Crippen molar-refractivity contribution in [1.82, 2.24) is 10.2 Å². The van der Waals surface area contributed by atoms with Gasteiger partial charge in [-0.15, -0.1) is 0 Å². The van der Waals surface area contributed by atoms with Crippen LogP contribution in [0.2, 0.25) is 0 Å². The van der Waals surface area contributed by atoms with E-state index in [9.17, 15) is 4.79 Å². The van der Waals surface area contributed by atoms with Crippen molar-refractivity contribution >= 4 is 6.09 Å². The van der Waals surface area contributed by atoms with E-state index < -0.39 is 5.60 Å². The molecule has 1 unspecified atom stereocenters. The Morgan fingerprint density at radius 3 is 2.76 bits per heavy atom. The maximum atomic E-state index is 11.8. The molecule has 5 heteroatoms. The summed E-state index contributed by atoms with van der Waals surface area (Å²) in [6.45, 7) is 9.11. The number of ether oxygens (including phenoxy) is 1. The van der Waals surface area contributed by atoms with E-state index in [-0.39, 0.29) is 6.09 Å². The van der Waals surface area contributed by atoms with E-state index in [4.69, 9.17) is 9.15 Å². The number of furan rings is 1. The molecule has 1 aromatic rings. The Balaban J connectivity index is 2.15. The van der Waals surface area contributed by atoms with E-state index in [1.165, 1.54) is 0 Å². The van der Waals surface area contributed by atoms with Gasteiger partial charge in [0, 0.05) is 32.6 Å². The number of rotatable bonds is 7. The third kappa shape index (κ3) is 7.75. The minimum Gasteiger partial charge on any atom is -0.469 e. The average Bonchev–Trinajstić information content (AvgIpc) is 2.87. The molecule has 1 atom stereocenters. The molecule has 0 aliphatic heterocycles. The zero-order valence-corrected chi connectivity index (χ0v) is 13.8. The van der Waals surface area contributed by atoms with Crippen LogP contribution in [0.5, 0.6) is 0 Å². The topological polar surface area (TPSA) is 54.7 Å². The first-order valence-electron chi connectivity index (χ1n) is 7.48. The van der Waals surface area contributed by atoms with Crippen LogP contribution in [0, 0.1) is 0 Å². The van der Waals surface area contributed by atoms with Crippen molar-refractivity contribution < 1.29 is 13.9 Å². The van der Waals surface area contributed by atoms with Crippen LogP contribution in [-0.2, 0) is 11.2 Å². The fourth-order valence-electron chi connectivity index (χ4n) is 1.83. The number of aryl methyl sites for hydroxylation is 1. The van der Waals surface area contributed by atoms with E-state index in [2.05, 4.69) is 12.2 Å². The largest absolute Gasteiger partial charge is 0.469 e. The van der Waals surface area contributed by atoms with Crippen molar-refractivity contribution in [2.75, 3.05) is 20.1 Å². The molecule has 21 heavy (non-hydrogen) atoms.